The number of para-hydroxylation sites is 1. The first-order valence-corrected chi connectivity index (χ1v) is 14.2. The van der Waals surface area contributed by atoms with Gasteiger partial charge in [-0.1, -0.05) is 98.5 Å². The normalized spacial score (nSPS) is 12.0. The van der Waals surface area contributed by atoms with E-state index in [2.05, 4.69) is 79.2 Å². The highest BCUT2D eigenvalue weighted by molar-refractivity contribution is 6.91. The third-order valence-corrected chi connectivity index (χ3v) is 7.89. The van der Waals surface area contributed by atoms with Crippen LogP contribution in [0.1, 0.15) is 5.56 Å². The van der Waals surface area contributed by atoms with Crippen molar-refractivity contribution in [2.75, 3.05) is 0 Å². The van der Waals surface area contributed by atoms with E-state index in [4.69, 9.17) is 0 Å². The Balaban J connectivity index is 1.99. The second-order valence-electron chi connectivity index (χ2n) is 9.14. The molecule has 31 heavy (non-hydrogen) atoms. The predicted octanol–water partition coefficient (Wildman–Crippen LogP) is 5.74. The Morgan fingerprint density at radius 3 is 2.10 bits per heavy atom. The summed E-state index contributed by atoms with van der Waals surface area (Å²) in [7, 11) is -1.86. The molecule has 0 aliphatic heterocycles. The average molecular weight is 423 g/mol. The maximum atomic E-state index is 13.9. The van der Waals surface area contributed by atoms with Crippen molar-refractivity contribution in [3.05, 3.63) is 101 Å². The molecule has 2 heterocycles. The van der Waals surface area contributed by atoms with Crippen LogP contribution in [0.5, 0.6) is 0 Å². The number of aromatic nitrogens is 2. The number of aromatic amines is 1. The van der Waals surface area contributed by atoms with Gasteiger partial charge in [0.2, 0.25) is 0 Å². The van der Waals surface area contributed by atoms with Gasteiger partial charge < -0.3 is 9.55 Å². The maximum Gasteiger partial charge on any atom is 0.275 e. The Hall–Kier alpha value is -3.37. The van der Waals surface area contributed by atoms with Gasteiger partial charge in [-0.3, -0.25) is 4.79 Å². The van der Waals surface area contributed by atoms with Crippen LogP contribution in [0.15, 0.2) is 89.7 Å². The van der Waals surface area contributed by atoms with E-state index in [1.807, 2.05) is 34.9 Å². The molecule has 3 nitrogen and oxygen atoms in total. The van der Waals surface area contributed by atoms with Crippen LogP contribution >= 0.6 is 0 Å². The number of hydrogen-bond acceptors (Lipinski definition) is 1. The van der Waals surface area contributed by atoms with Gasteiger partial charge in [0.1, 0.15) is 5.52 Å². The van der Waals surface area contributed by atoms with E-state index in [-0.39, 0.29) is 5.56 Å². The Kier molecular flexibility index (Phi) is 4.67. The molecule has 5 aromatic rings. The van der Waals surface area contributed by atoms with Gasteiger partial charge in [0.25, 0.3) is 5.56 Å². The fourth-order valence-electron chi connectivity index (χ4n) is 4.60. The summed E-state index contributed by atoms with van der Waals surface area (Å²) in [5.74, 6) is 0. The lowest BCUT2D eigenvalue weighted by Crippen LogP contribution is -2.44. The number of nitrogens with one attached hydrogen (secondary N) is 1. The van der Waals surface area contributed by atoms with Crippen molar-refractivity contribution in [2.45, 2.75) is 26.2 Å². The smallest absolute Gasteiger partial charge is 0.275 e. The zero-order chi connectivity index (χ0) is 21.6. The summed E-state index contributed by atoms with van der Waals surface area (Å²) < 4.78 is 1.98. The van der Waals surface area contributed by atoms with Crippen LogP contribution in [0.3, 0.4) is 0 Å². The number of rotatable bonds is 4. The maximum absolute atomic E-state index is 13.9. The number of benzene rings is 3. The van der Waals surface area contributed by atoms with E-state index < -0.39 is 8.07 Å². The van der Waals surface area contributed by atoms with Crippen LogP contribution in [0.2, 0.25) is 19.6 Å². The molecule has 0 saturated carbocycles. The fraction of sp³-hybridized carbons (Fsp3) is 0.148. The van der Waals surface area contributed by atoms with E-state index in [0.717, 1.165) is 33.1 Å². The van der Waals surface area contributed by atoms with Gasteiger partial charge >= 0.3 is 0 Å². The van der Waals surface area contributed by atoms with Crippen LogP contribution in [0.4, 0.5) is 0 Å². The molecule has 3 aromatic carbocycles. The topological polar surface area (TPSA) is 37.8 Å². The minimum atomic E-state index is -1.86. The van der Waals surface area contributed by atoms with Gasteiger partial charge in [0.05, 0.1) is 20.3 Å². The lowest BCUT2D eigenvalue weighted by molar-refractivity contribution is 0.778. The minimum Gasteiger partial charge on any atom is -0.350 e. The summed E-state index contributed by atoms with van der Waals surface area (Å²) in [6.07, 6.45) is 0. The van der Waals surface area contributed by atoms with Crippen molar-refractivity contribution in [1.82, 2.24) is 9.55 Å². The second kappa shape index (κ2) is 7.40. The van der Waals surface area contributed by atoms with Gasteiger partial charge in [-0.2, -0.15) is 0 Å². The predicted molar refractivity (Wildman–Crippen MR) is 134 cm³/mol. The molecule has 0 spiro atoms. The summed E-state index contributed by atoms with van der Waals surface area (Å²) >= 11 is 0. The zero-order valence-corrected chi connectivity index (χ0v) is 19.1. The molecule has 0 amide bonds. The monoisotopic (exact) mass is 422 g/mol. The minimum absolute atomic E-state index is 0.0379. The third kappa shape index (κ3) is 3.33. The highest BCUT2D eigenvalue weighted by Gasteiger charge is 2.29. The SMILES string of the molecule is C[Si](C)(C)c1c(-c2ccccc2)n(Cc2ccccc2)c(=O)c2[nH]c3ccccc3c12. The molecule has 1 N–H and O–H groups in total. The Bertz CT molecular complexity index is 1440. The molecule has 4 heteroatoms. The first-order chi connectivity index (χ1) is 14.9. The zero-order valence-electron chi connectivity index (χ0n) is 18.1. The molecule has 0 unspecified atom stereocenters. The number of pyridine rings is 1. The van der Waals surface area contributed by atoms with Gasteiger partial charge in [-0.05, 0) is 22.4 Å². The van der Waals surface area contributed by atoms with Gasteiger partial charge in [-0.15, -0.1) is 0 Å². The van der Waals surface area contributed by atoms with Crippen LogP contribution in [0, 0.1) is 0 Å². The molecule has 154 valence electrons. The molecule has 0 fully saturated rings. The summed E-state index contributed by atoms with van der Waals surface area (Å²) in [6.45, 7) is 7.65. The standard InChI is InChI=1S/C27H26N2OSi/c1-31(2,3)26-23-21-16-10-11-17-22(21)28-24(23)27(30)29(18-19-12-6-4-7-13-19)25(26)20-14-8-5-9-15-20/h4-17,28H,18H2,1-3H3. The highest BCUT2D eigenvalue weighted by atomic mass is 28.3. The third-order valence-electron chi connectivity index (χ3n) is 5.90. The summed E-state index contributed by atoms with van der Waals surface area (Å²) in [6, 6.07) is 28.9. The van der Waals surface area contributed by atoms with E-state index in [9.17, 15) is 4.79 Å². The Labute approximate surface area is 183 Å². The molecule has 0 aliphatic carbocycles. The largest absolute Gasteiger partial charge is 0.350 e. The van der Waals surface area contributed by atoms with Crippen molar-refractivity contribution in [3.8, 4) is 11.3 Å². The average Bonchev–Trinajstić information content (AvgIpc) is 3.15. The molecule has 0 radical (unpaired) electrons. The number of hydrogen-bond donors (Lipinski definition) is 1. The van der Waals surface area contributed by atoms with Crippen molar-refractivity contribution >= 4 is 35.1 Å². The first-order valence-electron chi connectivity index (χ1n) is 10.7. The Morgan fingerprint density at radius 1 is 0.806 bits per heavy atom. The van der Waals surface area contributed by atoms with Gasteiger partial charge in [0, 0.05) is 16.3 Å². The summed E-state index contributed by atoms with van der Waals surface area (Å²) in [4.78, 5) is 17.4. The van der Waals surface area contributed by atoms with Crippen molar-refractivity contribution in [3.63, 3.8) is 0 Å². The summed E-state index contributed by atoms with van der Waals surface area (Å²) in [5.41, 5.74) is 5.06. The molecule has 0 bridgehead atoms. The molecule has 0 aliphatic rings. The summed E-state index contributed by atoms with van der Waals surface area (Å²) in [5, 5.41) is 3.57. The van der Waals surface area contributed by atoms with Crippen molar-refractivity contribution in [1.29, 1.82) is 0 Å². The molecular formula is C27H26N2OSi. The van der Waals surface area contributed by atoms with E-state index in [0.29, 0.717) is 12.1 Å². The molecule has 0 atom stereocenters. The highest BCUT2D eigenvalue weighted by Crippen LogP contribution is 2.29. The lowest BCUT2D eigenvalue weighted by Gasteiger charge is -2.26. The van der Waals surface area contributed by atoms with Crippen LogP contribution in [-0.2, 0) is 6.54 Å². The van der Waals surface area contributed by atoms with Crippen molar-refractivity contribution < 1.29 is 0 Å². The molecular weight excluding hydrogens is 396 g/mol. The van der Waals surface area contributed by atoms with E-state index >= 15 is 0 Å². The quantitative estimate of drug-likeness (QED) is 0.368. The molecule has 0 saturated heterocycles. The van der Waals surface area contributed by atoms with Crippen molar-refractivity contribution in [2.24, 2.45) is 0 Å². The fourth-order valence-corrected chi connectivity index (χ4v) is 6.59. The second-order valence-corrected chi connectivity index (χ2v) is 14.1. The Morgan fingerprint density at radius 2 is 1.42 bits per heavy atom. The van der Waals surface area contributed by atoms with E-state index in [1.54, 1.807) is 0 Å². The number of fused-ring (bicyclic) bond motifs is 3. The lowest BCUT2D eigenvalue weighted by atomic mass is 10.1. The molecule has 5 rings (SSSR count). The van der Waals surface area contributed by atoms with Gasteiger partial charge in [-0.25, -0.2) is 0 Å². The number of nitrogens with zero attached hydrogens (tertiary/aromatic N) is 1. The van der Waals surface area contributed by atoms with Crippen LogP contribution in [-0.4, -0.2) is 17.6 Å². The van der Waals surface area contributed by atoms with Crippen LogP contribution < -0.4 is 10.7 Å². The van der Waals surface area contributed by atoms with Crippen LogP contribution in [0.25, 0.3) is 33.1 Å². The van der Waals surface area contributed by atoms with E-state index in [1.165, 1.54) is 5.19 Å². The molecule has 2 aromatic heterocycles. The first kappa shape index (κ1) is 19.6. The number of H-pyrrole nitrogens is 1. The van der Waals surface area contributed by atoms with Gasteiger partial charge in [0.15, 0.2) is 0 Å².